The lowest BCUT2D eigenvalue weighted by Gasteiger charge is -2.20. The maximum Gasteiger partial charge on any atom is 0.330 e. The maximum absolute atomic E-state index is 12.5. The van der Waals surface area contributed by atoms with Crippen molar-refractivity contribution in [2.24, 2.45) is 0 Å². The molecule has 0 saturated heterocycles. The minimum absolute atomic E-state index is 0.319. The van der Waals surface area contributed by atoms with Crippen LogP contribution in [0.25, 0.3) is 0 Å². The van der Waals surface area contributed by atoms with E-state index in [9.17, 15) is 14.7 Å². The summed E-state index contributed by atoms with van der Waals surface area (Å²) in [7, 11) is 0. The third-order valence-electron chi connectivity index (χ3n) is 3.90. The molecule has 1 aliphatic rings. The first-order chi connectivity index (χ1) is 11.9. The summed E-state index contributed by atoms with van der Waals surface area (Å²) in [6, 6.07) is 9.14. The average molecular weight is 341 g/mol. The summed E-state index contributed by atoms with van der Waals surface area (Å²) in [5.74, 6) is -0.538. The first kappa shape index (κ1) is 16.8. The van der Waals surface area contributed by atoms with Crippen LogP contribution in [0.1, 0.15) is 33.1 Å². The number of aliphatic carboxylic acids is 1. The minimum Gasteiger partial charge on any atom is -0.486 e. The molecule has 1 amide bonds. The molecule has 0 fully saturated rings. The Morgan fingerprint density at radius 1 is 1.00 bits per heavy atom. The van der Waals surface area contributed by atoms with Crippen LogP contribution in [0.3, 0.4) is 0 Å². The second-order valence-electron chi connectivity index (χ2n) is 6.02. The van der Waals surface area contributed by atoms with E-state index >= 15 is 0 Å². The third-order valence-corrected chi connectivity index (χ3v) is 3.90. The summed E-state index contributed by atoms with van der Waals surface area (Å²) in [5, 5.41) is 12.1. The van der Waals surface area contributed by atoms with Gasteiger partial charge >= 0.3 is 5.97 Å². The monoisotopic (exact) mass is 341 g/mol. The smallest absolute Gasteiger partial charge is 0.330 e. The Labute approximate surface area is 145 Å². The van der Waals surface area contributed by atoms with Crippen LogP contribution < -0.4 is 14.8 Å². The normalized spacial score (nSPS) is 13.8. The first-order valence-electron chi connectivity index (χ1n) is 7.95. The molecule has 1 atom stereocenters. The Hall–Kier alpha value is -3.02. The summed E-state index contributed by atoms with van der Waals surface area (Å²) >= 11 is 0. The maximum atomic E-state index is 12.5. The van der Waals surface area contributed by atoms with Crippen LogP contribution in [-0.4, -0.2) is 30.2 Å². The molecule has 0 aromatic heterocycles. The van der Waals surface area contributed by atoms with Gasteiger partial charge in [0.15, 0.2) is 17.5 Å². The molecule has 2 aromatic rings. The lowest BCUT2D eigenvalue weighted by atomic mass is 10.0. The van der Waals surface area contributed by atoms with Gasteiger partial charge in [0.1, 0.15) is 13.2 Å². The number of carboxylic acids is 1. The Balaban J connectivity index is 1.85. The predicted octanol–water partition coefficient (Wildman–Crippen LogP) is 2.63. The van der Waals surface area contributed by atoms with E-state index in [0.29, 0.717) is 35.8 Å². The van der Waals surface area contributed by atoms with Crippen molar-refractivity contribution in [2.75, 3.05) is 13.2 Å². The number of nitrogens with one attached hydrogen (secondary N) is 1. The first-order valence-corrected chi connectivity index (χ1v) is 7.95. The number of ether oxygens (including phenoxy) is 2. The fourth-order valence-corrected chi connectivity index (χ4v) is 2.86. The van der Waals surface area contributed by atoms with Crippen LogP contribution in [0.5, 0.6) is 11.5 Å². The van der Waals surface area contributed by atoms with E-state index in [1.807, 2.05) is 19.9 Å². The van der Waals surface area contributed by atoms with Gasteiger partial charge in [-0.15, -0.1) is 0 Å². The third kappa shape index (κ3) is 3.74. The molecular weight excluding hydrogens is 322 g/mol. The second-order valence-corrected chi connectivity index (χ2v) is 6.02. The number of hydrogen-bond acceptors (Lipinski definition) is 4. The van der Waals surface area contributed by atoms with Gasteiger partial charge in [0, 0.05) is 5.56 Å². The number of carbonyl (C=O) groups excluding carboxylic acids is 1. The molecule has 1 aliphatic heterocycles. The summed E-state index contributed by atoms with van der Waals surface area (Å²) in [5.41, 5.74) is 2.74. The number of rotatable bonds is 4. The van der Waals surface area contributed by atoms with E-state index < -0.39 is 17.9 Å². The zero-order valence-corrected chi connectivity index (χ0v) is 14.0. The highest BCUT2D eigenvalue weighted by Crippen LogP contribution is 2.31. The van der Waals surface area contributed by atoms with E-state index in [1.165, 1.54) is 0 Å². The van der Waals surface area contributed by atoms with Crippen molar-refractivity contribution in [1.29, 1.82) is 0 Å². The number of carbonyl (C=O) groups is 2. The van der Waals surface area contributed by atoms with Crippen molar-refractivity contribution < 1.29 is 24.2 Å². The van der Waals surface area contributed by atoms with E-state index in [-0.39, 0.29) is 0 Å². The molecule has 25 heavy (non-hydrogen) atoms. The SMILES string of the molecule is Cc1cc(C)cc(C(NC(=O)c2ccc3c(c2)OCCO3)C(=O)O)c1. The van der Waals surface area contributed by atoms with E-state index in [2.05, 4.69) is 5.32 Å². The van der Waals surface area contributed by atoms with Crippen molar-refractivity contribution in [1.82, 2.24) is 5.32 Å². The van der Waals surface area contributed by atoms with Gasteiger partial charge in [0.05, 0.1) is 0 Å². The molecule has 2 N–H and O–H groups in total. The molecule has 6 nitrogen and oxygen atoms in total. The zero-order valence-electron chi connectivity index (χ0n) is 14.0. The van der Waals surface area contributed by atoms with E-state index in [0.717, 1.165) is 11.1 Å². The predicted molar refractivity (Wildman–Crippen MR) is 91.2 cm³/mol. The molecular formula is C19H19NO5. The van der Waals surface area contributed by atoms with Crippen LogP contribution >= 0.6 is 0 Å². The van der Waals surface area contributed by atoms with Crippen molar-refractivity contribution >= 4 is 11.9 Å². The Bertz CT molecular complexity index is 810. The molecule has 130 valence electrons. The molecule has 2 aromatic carbocycles. The van der Waals surface area contributed by atoms with Gasteiger partial charge in [-0.05, 0) is 37.6 Å². The van der Waals surface area contributed by atoms with Crippen LogP contribution in [0.2, 0.25) is 0 Å². The molecule has 1 heterocycles. The van der Waals surface area contributed by atoms with Gasteiger partial charge in [0.25, 0.3) is 5.91 Å². The molecule has 1 unspecified atom stereocenters. The number of benzene rings is 2. The lowest BCUT2D eigenvalue weighted by Crippen LogP contribution is -2.34. The Morgan fingerprint density at radius 3 is 2.28 bits per heavy atom. The van der Waals surface area contributed by atoms with Gasteiger partial charge in [-0.3, -0.25) is 4.79 Å². The van der Waals surface area contributed by atoms with Gasteiger partial charge in [0.2, 0.25) is 0 Å². The minimum atomic E-state index is -1.13. The van der Waals surface area contributed by atoms with Crippen LogP contribution in [0, 0.1) is 13.8 Å². The highest BCUT2D eigenvalue weighted by Gasteiger charge is 2.24. The fraction of sp³-hybridized carbons (Fsp3) is 0.263. The Kier molecular flexibility index (Phi) is 4.61. The van der Waals surface area contributed by atoms with Gasteiger partial charge in [-0.25, -0.2) is 4.79 Å². The standard InChI is InChI=1S/C19H19NO5/c1-11-7-12(2)9-14(8-11)17(19(22)23)20-18(21)13-3-4-15-16(10-13)25-6-5-24-15/h3-4,7-10,17H,5-6H2,1-2H3,(H,20,21)(H,22,23). The number of aryl methyl sites for hydroxylation is 2. The molecule has 0 bridgehead atoms. The fourth-order valence-electron chi connectivity index (χ4n) is 2.86. The number of carboxylic acid groups (broad SMARTS) is 1. The van der Waals surface area contributed by atoms with Crippen molar-refractivity contribution in [3.8, 4) is 11.5 Å². The van der Waals surface area contributed by atoms with Gasteiger partial charge < -0.3 is 19.9 Å². The van der Waals surface area contributed by atoms with E-state index in [4.69, 9.17) is 9.47 Å². The zero-order chi connectivity index (χ0) is 18.0. The average Bonchev–Trinajstić information content (AvgIpc) is 2.57. The van der Waals surface area contributed by atoms with Crippen molar-refractivity contribution in [3.05, 3.63) is 58.7 Å². The molecule has 0 aliphatic carbocycles. The summed E-state index contributed by atoms with van der Waals surface area (Å²) in [6.07, 6.45) is 0. The molecule has 0 spiro atoms. The van der Waals surface area contributed by atoms with Crippen LogP contribution in [0.15, 0.2) is 36.4 Å². The van der Waals surface area contributed by atoms with Gasteiger partial charge in [-0.2, -0.15) is 0 Å². The number of fused-ring (bicyclic) bond motifs is 1. The largest absolute Gasteiger partial charge is 0.486 e. The Morgan fingerprint density at radius 2 is 1.64 bits per heavy atom. The summed E-state index contributed by atoms with van der Waals surface area (Å²) in [6.45, 7) is 4.65. The highest BCUT2D eigenvalue weighted by atomic mass is 16.6. The number of hydrogen-bond donors (Lipinski definition) is 2. The number of amides is 1. The summed E-state index contributed by atoms with van der Waals surface area (Å²) in [4.78, 5) is 24.2. The summed E-state index contributed by atoms with van der Waals surface area (Å²) < 4.78 is 10.9. The molecule has 0 radical (unpaired) electrons. The molecule has 0 saturated carbocycles. The van der Waals surface area contributed by atoms with Crippen molar-refractivity contribution in [3.63, 3.8) is 0 Å². The highest BCUT2D eigenvalue weighted by molar-refractivity contribution is 5.97. The second kappa shape index (κ2) is 6.84. The lowest BCUT2D eigenvalue weighted by molar-refractivity contribution is -0.139. The molecule has 6 heteroatoms. The van der Waals surface area contributed by atoms with Crippen LogP contribution in [0.4, 0.5) is 0 Å². The van der Waals surface area contributed by atoms with Crippen LogP contribution in [-0.2, 0) is 4.79 Å². The van der Waals surface area contributed by atoms with E-state index in [1.54, 1.807) is 30.3 Å². The topological polar surface area (TPSA) is 84.9 Å². The molecule has 3 rings (SSSR count). The van der Waals surface area contributed by atoms with Gasteiger partial charge in [-0.1, -0.05) is 29.3 Å². The van der Waals surface area contributed by atoms with Crippen molar-refractivity contribution in [2.45, 2.75) is 19.9 Å². The quantitative estimate of drug-likeness (QED) is 0.893.